The van der Waals surface area contributed by atoms with E-state index in [0.717, 1.165) is 31.5 Å². The molecule has 2 aliphatic heterocycles. The average Bonchev–Trinajstić information content (AvgIpc) is 2.74. The van der Waals surface area contributed by atoms with Gasteiger partial charge in [-0.25, -0.2) is 0 Å². The van der Waals surface area contributed by atoms with Crippen LogP contribution in [0.2, 0.25) is 0 Å². The topological polar surface area (TPSA) is 67.9 Å². The molecule has 4 rings (SSSR count). The van der Waals surface area contributed by atoms with E-state index >= 15 is 0 Å². The molecular formula is C22H24N2O4. The summed E-state index contributed by atoms with van der Waals surface area (Å²) in [5, 5.41) is 2.92. The van der Waals surface area contributed by atoms with Crippen LogP contribution < -0.4 is 14.8 Å². The highest BCUT2D eigenvalue weighted by Crippen LogP contribution is 2.32. The number of anilines is 1. The van der Waals surface area contributed by atoms with E-state index < -0.39 is 0 Å². The summed E-state index contributed by atoms with van der Waals surface area (Å²) in [6.07, 6.45) is 1.57. The largest absolute Gasteiger partial charge is 0.486 e. The normalized spacial score (nSPS) is 17.1. The second-order valence-corrected chi connectivity index (χ2v) is 7.19. The van der Waals surface area contributed by atoms with Crippen LogP contribution in [0.15, 0.2) is 48.5 Å². The van der Waals surface area contributed by atoms with Crippen LogP contribution in [0.1, 0.15) is 23.2 Å². The molecule has 2 aromatic carbocycles. The van der Waals surface area contributed by atoms with Crippen LogP contribution in [-0.4, -0.2) is 49.4 Å². The lowest BCUT2D eigenvalue weighted by Crippen LogP contribution is -2.40. The third-order valence-corrected chi connectivity index (χ3v) is 5.21. The van der Waals surface area contributed by atoms with Gasteiger partial charge in [0.05, 0.1) is 6.54 Å². The van der Waals surface area contributed by atoms with Crippen LogP contribution in [0, 0.1) is 5.92 Å². The third-order valence-electron chi connectivity index (χ3n) is 5.21. The molecule has 0 atom stereocenters. The number of carbonyl (C=O) groups excluding carboxylic acids is 2. The Hall–Kier alpha value is -2.86. The Morgan fingerprint density at radius 2 is 1.68 bits per heavy atom. The number of likely N-dealkylation sites (tertiary alicyclic amines) is 1. The van der Waals surface area contributed by atoms with E-state index in [4.69, 9.17) is 9.47 Å². The number of Topliss-reactive ketones (excluding diaryl/α,β-unsaturated/α-hetero) is 1. The predicted octanol–water partition coefficient (Wildman–Crippen LogP) is 2.99. The van der Waals surface area contributed by atoms with Crippen LogP contribution in [0.3, 0.4) is 0 Å². The molecule has 2 aliphatic rings. The Balaban J connectivity index is 1.27. The average molecular weight is 380 g/mol. The maximum Gasteiger partial charge on any atom is 0.238 e. The Kier molecular flexibility index (Phi) is 5.58. The van der Waals surface area contributed by atoms with E-state index in [1.165, 1.54) is 0 Å². The predicted molar refractivity (Wildman–Crippen MR) is 106 cm³/mol. The highest BCUT2D eigenvalue weighted by atomic mass is 16.6. The monoisotopic (exact) mass is 380 g/mol. The molecule has 0 bridgehead atoms. The van der Waals surface area contributed by atoms with Gasteiger partial charge in [0.2, 0.25) is 5.91 Å². The zero-order chi connectivity index (χ0) is 19.3. The van der Waals surface area contributed by atoms with Gasteiger partial charge in [0.25, 0.3) is 0 Å². The van der Waals surface area contributed by atoms with E-state index in [-0.39, 0.29) is 17.6 Å². The van der Waals surface area contributed by atoms with Gasteiger partial charge in [0.1, 0.15) is 13.2 Å². The summed E-state index contributed by atoms with van der Waals surface area (Å²) < 4.78 is 11.0. The van der Waals surface area contributed by atoms with Crippen LogP contribution in [0.25, 0.3) is 0 Å². The summed E-state index contributed by atoms with van der Waals surface area (Å²) in [5.41, 5.74) is 1.47. The summed E-state index contributed by atoms with van der Waals surface area (Å²) in [4.78, 5) is 27.1. The standard InChI is InChI=1S/C22H24N2O4/c25-21(23-18-6-7-19-20(14-18)28-13-12-27-19)15-24-10-8-17(9-11-24)22(26)16-4-2-1-3-5-16/h1-7,14,17H,8-13,15H2,(H,23,25). The molecule has 1 amide bonds. The van der Waals surface area contributed by atoms with E-state index in [9.17, 15) is 9.59 Å². The molecule has 6 nitrogen and oxygen atoms in total. The molecule has 28 heavy (non-hydrogen) atoms. The summed E-state index contributed by atoms with van der Waals surface area (Å²) >= 11 is 0. The molecule has 0 unspecified atom stereocenters. The fraction of sp³-hybridized carbons (Fsp3) is 0.364. The van der Waals surface area contributed by atoms with Crippen molar-refractivity contribution in [2.75, 3.05) is 38.2 Å². The van der Waals surface area contributed by atoms with Crippen molar-refractivity contribution in [3.05, 3.63) is 54.1 Å². The van der Waals surface area contributed by atoms with Gasteiger partial charge in [-0.2, -0.15) is 0 Å². The third kappa shape index (κ3) is 4.34. The van der Waals surface area contributed by atoms with Crippen molar-refractivity contribution in [2.45, 2.75) is 12.8 Å². The van der Waals surface area contributed by atoms with Crippen molar-refractivity contribution in [1.29, 1.82) is 0 Å². The number of rotatable bonds is 5. The number of hydrogen-bond acceptors (Lipinski definition) is 5. The first-order valence-corrected chi connectivity index (χ1v) is 9.70. The minimum atomic E-state index is -0.0653. The van der Waals surface area contributed by atoms with Gasteiger partial charge in [-0.05, 0) is 38.1 Å². The molecule has 146 valence electrons. The molecule has 0 spiro atoms. The summed E-state index contributed by atoms with van der Waals surface area (Å²) in [5.74, 6) is 1.55. The lowest BCUT2D eigenvalue weighted by molar-refractivity contribution is -0.117. The zero-order valence-corrected chi connectivity index (χ0v) is 15.7. The van der Waals surface area contributed by atoms with Gasteiger partial charge in [0.15, 0.2) is 17.3 Å². The quantitative estimate of drug-likeness (QED) is 0.808. The van der Waals surface area contributed by atoms with Gasteiger partial charge in [-0.1, -0.05) is 30.3 Å². The number of piperidine rings is 1. The summed E-state index contributed by atoms with van der Waals surface area (Å²) in [6, 6.07) is 14.9. The van der Waals surface area contributed by atoms with Crippen LogP contribution in [-0.2, 0) is 4.79 Å². The summed E-state index contributed by atoms with van der Waals surface area (Å²) in [7, 11) is 0. The Morgan fingerprint density at radius 3 is 2.43 bits per heavy atom. The first-order chi connectivity index (χ1) is 13.7. The highest BCUT2D eigenvalue weighted by molar-refractivity contribution is 5.98. The maximum atomic E-state index is 12.6. The number of nitrogens with one attached hydrogen (secondary N) is 1. The lowest BCUT2D eigenvalue weighted by Gasteiger charge is -2.30. The Morgan fingerprint density at radius 1 is 0.964 bits per heavy atom. The number of amides is 1. The van der Waals surface area contributed by atoms with E-state index in [2.05, 4.69) is 10.2 Å². The molecule has 6 heteroatoms. The fourth-order valence-corrected chi connectivity index (χ4v) is 3.72. The van der Waals surface area contributed by atoms with Gasteiger partial charge < -0.3 is 14.8 Å². The van der Waals surface area contributed by atoms with Crippen molar-refractivity contribution in [2.24, 2.45) is 5.92 Å². The molecule has 0 aliphatic carbocycles. The number of hydrogen-bond donors (Lipinski definition) is 1. The van der Waals surface area contributed by atoms with Crippen LogP contribution >= 0.6 is 0 Å². The minimum Gasteiger partial charge on any atom is -0.486 e. The van der Waals surface area contributed by atoms with Crippen molar-refractivity contribution in [1.82, 2.24) is 4.90 Å². The van der Waals surface area contributed by atoms with Crippen molar-refractivity contribution < 1.29 is 19.1 Å². The molecule has 2 heterocycles. The molecule has 2 aromatic rings. The van der Waals surface area contributed by atoms with Gasteiger partial charge in [-0.3, -0.25) is 14.5 Å². The number of nitrogens with zero attached hydrogens (tertiary/aromatic N) is 1. The lowest BCUT2D eigenvalue weighted by atomic mass is 9.89. The Bertz CT molecular complexity index is 845. The van der Waals surface area contributed by atoms with Gasteiger partial charge in [-0.15, -0.1) is 0 Å². The molecule has 0 aromatic heterocycles. The molecular weight excluding hydrogens is 356 g/mol. The summed E-state index contributed by atoms with van der Waals surface area (Å²) in [6.45, 7) is 2.87. The number of fused-ring (bicyclic) bond motifs is 1. The second kappa shape index (κ2) is 8.44. The van der Waals surface area contributed by atoms with E-state index in [0.29, 0.717) is 36.9 Å². The van der Waals surface area contributed by atoms with Crippen molar-refractivity contribution >= 4 is 17.4 Å². The fourth-order valence-electron chi connectivity index (χ4n) is 3.72. The second-order valence-electron chi connectivity index (χ2n) is 7.19. The SMILES string of the molecule is O=C(CN1CCC(C(=O)c2ccccc2)CC1)Nc1ccc2c(c1)OCCO2. The number of ether oxygens (including phenoxy) is 2. The van der Waals surface area contributed by atoms with Crippen molar-refractivity contribution in [3.63, 3.8) is 0 Å². The van der Waals surface area contributed by atoms with Crippen molar-refractivity contribution in [3.8, 4) is 11.5 Å². The number of benzene rings is 2. The highest BCUT2D eigenvalue weighted by Gasteiger charge is 2.26. The first kappa shape index (κ1) is 18.5. The van der Waals surface area contributed by atoms with Crippen LogP contribution in [0.4, 0.5) is 5.69 Å². The van der Waals surface area contributed by atoms with Crippen LogP contribution in [0.5, 0.6) is 11.5 Å². The first-order valence-electron chi connectivity index (χ1n) is 9.70. The van der Waals surface area contributed by atoms with E-state index in [1.54, 1.807) is 6.07 Å². The minimum absolute atomic E-state index is 0.0412. The molecule has 1 N–H and O–H groups in total. The smallest absolute Gasteiger partial charge is 0.238 e. The van der Waals surface area contributed by atoms with Gasteiger partial charge in [0, 0.05) is 23.2 Å². The van der Waals surface area contributed by atoms with Gasteiger partial charge >= 0.3 is 0 Å². The molecule has 1 saturated heterocycles. The molecule has 0 radical (unpaired) electrons. The molecule has 1 fully saturated rings. The van der Waals surface area contributed by atoms with E-state index in [1.807, 2.05) is 42.5 Å². The number of ketones is 1. The maximum absolute atomic E-state index is 12.6. The number of carbonyl (C=O) groups is 2. The molecule has 0 saturated carbocycles. The Labute approximate surface area is 164 Å². The zero-order valence-electron chi connectivity index (χ0n) is 15.7.